The van der Waals surface area contributed by atoms with Gasteiger partial charge in [0.15, 0.2) is 0 Å². The smallest absolute Gasteiger partial charge is 0.328 e. The van der Waals surface area contributed by atoms with E-state index in [2.05, 4.69) is 25.6 Å². The average Bonchev–Trinajstić information content (AvgIpc) is 2.90. The summed E-state index contributed by atoms with van der Waals surface area (Å²) in [6.45, 7) is 1.25. The molecule has 4 N–H and O–H groups in total. The predicted molar refractivity (Wildman–Crippen MR) is 119 cm³/mol. The fourth-order valence-electron chi connectivity index (χ4n) is 2.81. The molecular weight excluding hydrogens is 529 g/mol. The molecule has 0 unspecified atom stereocenters. The van der Waals surface area contributed by atoms with Crippen LogP contribution in [0.5, 0.6) is 11.8 Å². The molecule has 3 rings (SSSR count). The molecule has 0 saturated heterocycles. The highest BCUT2D eigenvalue weighted by molar-refractivity contribution is 5.39. The molecular formula is C22H21F7N6O3. The molecule has 3 aromatic rings. The van der Waals surface area contributed by atoms with Crippen LogP contribution in [0.2, 0.25) is 0 Å². The summed E-state index contributed by atoms with van der Waals surface area (Å²) < 4.78 is 111. The largest absolute Gasteiger partial charge is 0.418 e. The maximum atomic E-state index is 14.1. The number of hydrogen-bond donors (Lipinski definition) is 3. The van der Waals surface area contributed by atoms with Crippen molar-refractivity contribution in [2.75, 3.05) is 50.2 Å². The molecule has 0 aliphatic heterocycles. The first-order chi connectivity index (χ1) is 18.2. The Morgan fingerprint density at radius 1 is 0.711 bits per heavy atom. The number of ether oxygens (including phenoxy) is 3. The first-order valence-electron chi connectivity index (χ1n) is 10.9. The van der Waals surface area contributed by atoms with Crippen LogP contribution in [0.4, 0.5) is 42.6 Å². The van der Waals surface area contributed by atoms with E-state index in [4.69, 9.17) is 19.9 Å². The third-order valence-corrected chi connectivity index (χ3v) is 4.59. The van der Waals surface area contributed by atoms with Crippen molar-refractivity contribution in [1.29, 1.82) is 0 Å². The van der Waals surface area contributed by atoms with Gasteiger partial charge in [-0.05, 0) is 6.07 Å². The van der Waals surface area contributed by atoms with E-state index >= 15 is 0 Å². The Morgan fingerprint density at radius 2 is 1.32 bits per heavy atom. The third-order valence-electron chi connectivity index (χ3n) is 4.59. The number of rotatable bonds is 14. The summed E-state index contributed by atoms with van der Waals surface area (Å²) in [6.07, 6.45) is 0. The quantitative estimate of drug-likeness (QED) is 0.120. The lowest BCUT2D eigenvalue weighted by atomic mass is 10.2. The van der Waals surface area contributed by atoms with Crippen LogP contribution in [0.1, 0.15) is 5.56 Å². The Balaban J connectivity index is 1.78. The van der Waals surface area contributed by atoms with Crippen LogP contribution < -0.4 is 21.1 Å². The number of anilines is 2. The molecule has 0 radical (unpaired) electrons. The average molecular weight is 550 g/mol. The minimum absolute atomic E-state index is 0.00816. The Bertz CT molecular complexity index is 1230. The highest BCUT2D eigenvalue weighted by atomic mass is 19.2. The van der Waals surface area contributed by atoms with Crippen LogP contribution in [0.25, 0.3) is 0 Å². The van der Waals surface area contributed by atoms with Gasteiger partial charge in [-0.15, -0.1) is 0 Å². The Hall–Kier alpha value is -3.76. The number of nitrogens with one attached hydrogen (secondary N) is 2. The van der Waals surface area contributed by atoms with Crippen molar-refractivity contribution in [3.8, 4) is 11.8 Å². The number of halogens is 7. The van der Waals surface area contributed by atoms with Crippen molar-refractivity contribution < 1.29 is 44.9 Å². The summed E-state index contributed by atoms with van der Waals surface area (Å²) in [5.74, 6) is -15.2. The summed E-state index contributed by atoms with van der Waals surface area (Å²) >= 11 is 0. The zero-order valence-electron chi connectivity index (χ0n) is 19.5. The molecule has 0 bridgehead atoms. The molecule has 0 spiro atoms. The van der Waals surface area contributed by atoms with Gasteiger partial charge >= 0.3 is 6.01 Å². The lowest BCUT2D eigenvalue weighted by molar-refractivity contribution is 0.0547. The summed E-state index contributed by atoms with van der Waals surface area (Å²) in [7, 11) is 0. The van der Waals surface area contributed by atoms with Crippen molar-refractivity contribution in [3.05, 3.63) is 64.5 Å². The van der Waals surface area contributed by atoms with E-state index < -0.39 is 52.5 Å². The van der Waals surface area contributed by atoms with Crippen molar-refractivity contribution in [2.45, 2.75) is 6.54 Å². The molecule has 38 heavy (non-hydrogen) atoms. The van der Waals surface area contributed by atoms with E-state index in [1.807, 2.05) is 0 Å². The molecule has 0 aliphatic carbocycles. The SMILES string of the molecule is NCCOCCOCCNc1nc(NCc2ccc(F)cc2F)nc(Oc2c(F)c(F)c(F)c(F)c2F)n1. The van der Waals surface area contributed by atoms with Crippen molar-refractivity contribution in [1.82, 2.24) is 15.0 Å². The normalized spacial score (nSPS) is 11.1. The molecule has 0 saturated carbocycles. The van der Waals surface area contributed by atoms with E-state index in [-0.39, 0.29) is 43.8 Å². The second kappa shape index (κ2) is 13.7. The second-order valence-electron chi connectivity index (χ2n) is 7.30. The van der Waals surface area contributed by atoms with E-state index in [0.29, 0.717) is 25.8 Å². The number of nitrogens with two attached hydrogens (primary N) is 1. The zero-order valence-corrected chi connectivity index (χ0v) is 19.5. The highest BCUT2D eigenvalue weighted by Gasteiger charge is 2.28. The molecule has 1 aromatic heterocycles. The van der Waals surface area contributed by atoms with Crippen LogP contribution in [-0.4, -0.2) is 54.5 Å². The topological polar surface area (TPSA) is 116 Å². The van der Waals surface area contributed by atoms with Gasteiger partial charge in [0.05, 0.1) is 26.4 Å². The first-order valence-corrected chi connectivity index (χ1v) is 10.9. The van der Waals surface area contributed by atoms with Crippen LogP contribution in [0.3, 0.4) is 0 Å². The zero-order chi connectivity index (χ0) is 27.7. The summed E-state index contributed by atoms with van der Waals surface area (Å²) in [5.41, 5.74) is 5.30. The van der Waals surface area contributed by atoms with Gasteiger partial charge in [0.1, 0.15) is 11.6 Å². The van der Waals surface area contributed by atoms with Gasteiger partial charge in [-0.2, -0.15) is 23.7 Å². The van der Waals surface area contributed by atoms with E-state index in [9.17, 15) is 30.7 Å². The van der Waals surface area contributed by atoms with Gasteiger partial charge < -0.3 is 30.6 Å². The van der Waals surface area contributed by atoms with E-state index in [0.717, 1.165) is 12.1 Å². The van der Waals surface area contributed by atoms with Crippen molar-refractivity contribution in [3.63, 3.8) is 0 Å². The Kier molecular flexibility index (Phi) is 10.4. The maximum Gasteiger partial charge on any atom is 0.328 e. The molecule has 0 amide bonds. The molecule has 0 atom stereocenters. The summed E-state index contributed by atoms with van der Waals surface area (Å²) in [4.78, 5) is 11.4. The fraction of sp³-hybridized carbons (Fsp3) is 0.318. The standard InChI is InChI=1S/C22H21F7N6O3/c23-12-2-1-11(13(24)9-12)10-32-21-33-20(31-4-6-37-8-7-36-5-3-30)34-22(35-21)38-19-17(28)15(26)14(25)16(27)18(19)29/h1-2,9H,3-8,10,30H2,(H2,31,32,33,34,35). The molecule has 16 heteroatoms. The summed E-state index contributed by atoms with van der Waals surface area (Å²) in [6, 6.07) is 1.96. The molecule has 0 fully saturated rings. The monoisotopic (exact) mass is 550 g/mol. The predicted octanol–water partition coefficient (Wildman–Crippen LogP) is 3.65. The lowest BCUT2D eigenvalue weighted by Gasteiger charge is -2.12. The minimum atomic E-state index is -2.37. The summed E-state index contributed by atoms with van der Waals surface area (Å²) in [5, 5.41) is 5.28. The third kappa shape index (κ3) is 7.62. The molecule has 206 valence electrons. The van der Waals surface area contributed by atoms with Gasteiger partial charge in [0.25, 0.3) is 0 Å². The van der Waals surface area contributed by atoms with Gasteiger partial charge in [-0.25, -0.2) is 22.0 Å². The maximum absolute atomic E-state index is 14.1. The van der Waals surface area contributed by atoms with Crippen LogP contribution >= 0.6 is 0 Å². The van der Waals surface area contributed by atoms with Gasteiger partial charge in [-0.1, -0.05) is 6.07 Å². The van der Waals surface area contributed by atoms with Gasteiger partial charge in [-0.3, -0.25) is 0 Å². The van der Waals surface area contributed by atoms with Gasteiger partial charge in [0, 0.05) is 31.3 Å². The first kappa shape index (κ1) is 28.8. The minimum Gasteiger partial charge on any atom is -0.418 e. The Morgan fingerprint density at radius 3 is 1.95 bits per heavy atom. The van der Waals surface area contributed by atoms with Crippen LogP contribution in [0, 0.1) is 40.7 Å². The van der Waals surface area contributed by atoms with E-state index in [1.54, 1.807) is 0 Å². The Labute approximate surface area is 211 Å². The number of hydrogen-bond acceptors (Lipinski definition) is 9. The van der Waals surface area contributed by atoms with E-state index in [1.165, 1.54) is 0 Å². The van der Waals surface area contributed by atoms with Crippen LogP contribution in [0.15, 0.2) is 18.2 Å². The lowest BCUT2D eigenvalue weighted by Crippen LogP contribution is -2.16. The molecule has 9 nitrogen and oxygen atoms in total. The highest BCUT2D eigenvalue weighted by Crippen LogP contribution is 2.32. The molecule has 0 aliphatic rings. The second-order valence-corrected chi connectivity index (χ2v) is 7.30. The van der Waals surface area contributed by atoms with Crippen LogP contribution in [-0.2, 0) is 16.0 Å². The number of benzene rings is 2. The number of aromatic nitrogens is 3. The fourth-order valence-corrected chi connectivity index (χ4v) is 2.81. The molecule has 1 heterocycles. The van der Waals surface area contributed by atoms with Gasteiger partial charge in [0.2, 0.25) is 46.7 Å². The number of nitrogens with zero attached hydrogens (tertiary/aromatic N) is 3. The van der Waals surface area contributed by atoms with Crippen molar-refractivity contribution >= 4 is 11.9 Å². The van der Waals surface area contributed by atoms with Crippen molar-refractivity contribution in [2.24, 2.45) is 5.73 Å². The molecule has 2 aromatic carbocycles.